The Morgan fingerprint density at radius 1 is 1.05 bits per heavy atom. The maximum atomic E-state index is 12.7. The van der Waals surface area contributed by atoms with Crippen LogP contribution in [-0.2, 0) is 0 Å². The lowest BCUT2D eigenvalue weighted by molar-refractivity contribution is 0.0981. The van der Waals surface area contributed by atoms with Gasteiger partial charge in [0, 0.05) is 6.07 Å². The third-order valence-electron chi connectivity index (χ3n) is 3.44. The van der Waals surface area contributed by atoms with E-state index in [1.54, 1.807) is 45.2 Å². The van der Waals surface area contributed by atoms with E-state index in [0.29, 0.717) is 22.8 Å². The number of hydrogen-bond acceptors (Lipinski definition) is 5. The molecule has 0 bridgehead atoms. The number of carbonyl (C=O) groups excluding carboxylic acids is 1. The largest absolute Gasteiger partial charge is 0.496 e. The fourth-order valence-electron chi connectivity index (χ4n) is 2.34. The van der Waals surface area contributed by atoms with E-state index in [2.05, 4.69) is 0 Å². The first kappa shape index (κ1) is 15.0. The number of ketones is 1. The fraction of sp³-hybridized carbons (Fsp3) is 0.533. The maximum Gasteiger partial charge on any atom is 0.179 e. The summed E-state index contributed by atoms with van der Waals surface area (Å²) in [6, 6.07) is 3.43. The Morgan fingerprint density at radius 3 is 2.25 bits per heavy atom. The van der Waals surface area contributed by atoms with Gasteiger partial charge in [-0.15, -0.1) is 0 Å². The van der Waals surface area contributed by atoms with Gasteiger partial charge in [0.15, 0.2) is 17.3 Å². The van der Waals surface area contributed by atoms with Crippen molar-refractivity contribution in [2.75, 3.05) is 27.1 Å². The van der Waals surface area contributed by atoms with Crippen LogP contribution in [0.3, 0.4) is 0 Å². The maximum absolute atomic E-state index is 12.7. The Morgan fingerprint density at radius 2 is 1.70 bits per heavy atom. The second-order valence-electron chi connectivity index (χ2n) is 4.63. The Labute approximate surface area is 123 Å². The van der Waals surface area contributed by atoms with Gasteiger partial charge in [-0.1, -0.05) is 6.42 Å². The van der Waals surface area contributed by atoms with E-state index < -0.39 is 0 Å². The second kappa shape index (κ2) is 6.88. The summed E-state index contributed by atoms with van der Waals surface area (Å²) < 4.78 is 15.8. The Kier molecular flexibility index (Phi) is 5.17. The van der Waals surface area contributed by atoms with Crippen LogP contribution in [0.2, 0.25) is 0 Å². The number of hydrogen-bond donors (Lipinski definition) is 0. The minimum Gasteiger partial charge on any atom is -0.496 e. The third-order valence-corrected chi connectivity index (χ3v) is 4.82. The number of methoxy groups -OCH3 is 3. The van der Waals surface area contributed by atoms with Crippen molar-refractivity contribution in [2.45, 2.75) is 24.5 Å². The van der Waals surface area contributed by atoms with E-state index in [9.17, 15) is 4.79 Å². The zero-order valence-corrected chi connectivity index (χ0v) is 12.9. The molecule has 1 aromatic rings. The van der Waals surface area contributed by atoms with Gasteiger partial charge in [-0.05, 0) is 24.7 Å². The predicted octanol–water partition coefficient (Wildman–Crippen LogP) is 3.18. The molecule has 0 spiro atoms. The SMILES string of the molecule is COc1cc(OC)c(C(=O)C2CCCCS2)cc1OC. The second-order valence-corrected chi connectivity index (χ2v) is 5.94. The van der Waals surface area contributed by atoms with Crippen LogP contribution in [0.1, 0.15) is 29.6 Å². The first-order valence-electron chi connectivity index (χ1n) is 6.67. The molecule has 1 aromatic carbocycles. The molecule has 1 atom stereocenters. The van der Waals surface area contributed by atoms with E-state index in [0.717, 1.165) is 18.6 Å². The number of rotatable bonds is 5. The summed E-state index contributed by atoms with van der Waals surface area (Å²) in [5.74, 6) is 2.83. The molecule has 4 nitrogen and oxygen atoms in total. The normalized spacial score (nSPS) is 18.4. The van der Waals surface area contributed by atoms with E-state index >= 15 is 0 Å². The fourth-order valence-corrected chi connectivity index (χ4v) is 3.61. The van der Waals surface area contributed by atoms with Crippen molar-refractivity contribution in [3.8, 4) is 17.2 Å². The van der Waals surface area contributed by atoms with Crippen LogP contribution in [0, 0.1) is 0 Å². The van der Waals surface area contributed by atoms with Crippen molar-refractivity contribution >= 4 is 17.5 Å². The summed E-state index contributed by atoms with van der Waals surface area (Å²) in [5.41, 5.74) is 0.574. The average Bonchev–Trinajstić information content (AvgIpc) is 2.53. The van der Waals surface area contributed by atoms with Gasteiger partial charge in [0.1, 0.15) is 5.75 Å². The first-order valence-corrected chi connectivity index (χ1v) is 7.72. The Bertz CT molecular complexity index is 481. The van der Waals surface area contributed by atoms with Crippen LogP contribution in [0.25, 0.3) is 0 Å². The Balaban J connectivity index is 2.35. The molecular weight excluding hydrogens is 276 g/mol. The molecule has 1 unspecified atom stereocenters. The van der Waals surface area contributed by atoms with Crippen LogP contribution < -0.4 is 14.2 Å². The predicted molar refractivity (Wildman–Crippen MR) is 80.5 cm³/mol. The highest BCUT2D eigenvalue weighted by atomic mass is 32.2. The van der Waals surface area contributed by atoms with Gasteiger partial charge in [0.2, 0.25) is 0 Å². The minimum absolute atomic E-state index is 0.0238. The van der Waals surface area contributed by atoms with Crippen LogP contribution in [0.4, 0.5) is 0 Å². The van der Waals surface area contributed by atoms with Gasteiger partial charge in [-0.3, -0.25) is 4.79 Å². The van der Waals surface area contributed by atoms with E-state index in [-0.39, 0.29) is 11.0 Å². The quantitative estimate of drug-likeness (QED) is 0.781. The molecule has 5 heteroatoms. The smallest absolute Gasteiger partial charge is 0.179 e. The van der Waals surface area contributed by atoms with E-state index in [1.165, 1.54) is 6.42 Å². The van der Waals surface area contributed by atoms with Gasteiger partial charge in [-0.25, -0.2) is 0 Å². The van der Waals surface area contributed by atoms with E-state index in [4.69, 9.17) is 14.2 Å². The van der Waals surface area contributed by atoms with Crippen LogP contribution in [0.15, 0.2) is 12.1 Å². The van der Waals surface area contributed by atoms with Crippen molar-refractivity contribution < 1.29 is 19.0 Å². The number of Topliss-reactive ketones (excluding diaryl/α,β-unsaturated/α-hetero) is 1. The van der Waals surface area contributed by atoms with Gasteiger partial charge in [0.05, 0.1) is 32.1 Å². The monoisotopic (exact) mass is 296 g/mol. The lowest BCUT2D eigenvalue weighted by atomic mass is 10.0. The van der Waals surface area contributed by atoms with Gasteiger partial charge < -0.3 is 14.2 Å². The molecule has 0 amide bonds. The first-order chi connectivity index (χ1) is 9.71. The number of thioether (sulfide) groups is 1. The number of benzene rings is 1. The van der Waals surface area contributed by atoms with Crippen molar-refractivity contribution in [3.63, 3.8) is 0 Å². The lowest BCUT2D eigenvalue weighted by Crippen LogP contribution is -2.21. The standard InChI is InChI=1S/C15H20O4S/c1-17-11-9-13(19-3)12(18-2)8-10(11)15(16)14-6-4-5-7-20-14/h8-9,14H,4-7H2,1-3H3. The summed E-state index contributed by atoms with van der Waals surface area (Å²) in [6.45, 7) is 0. The summed E-state index contributed by atoms with van der Waals surface area (Å²) in [7, 11) is 4.69. The molecule has 0 aliphatic carbocycles. The van der Waals surface area contributed by atoms with E-state index in [1.807, 2.05) is 0 Å². The van der Waals surface area contributed by atoms with Crippen LogP contribution in [0.5, 0.6) is 17.2 Å². The lowest BCUT2D eigenvalue weighted by Gasteiger charge is -2.21. The van der Waals surface area contributed by atoms with Gasteiger partial charge in [-0.2, -0.15) is 11.8 Å². The molecule has 1 aliphatic rings. The molecule has 1 aliphatic heterocycles. The average molecular weight is 296 g/mol. The van der Waals surface area contributed by atoms with Crippen molar-refractivity contribution in [3.05, 3.63) is 17.7 Å². The van der Waals surface area contributed by atoms with Crippen LogP contribution >= 0.6 is 11.8 Å². The molecule has 110 valence electrons. The topological polar surface area (TPSA) is 44.8 Å². The highest BCUT2D eigenvalue weighted by Crippen LogP contribution is 2.37. The zero-order chi connectivity index (χ0) is 14.5. The molecule has 1 heterocycles. The summed E-state index contributed by atoms with van der Waals surface area (Å²) in [4.78, 5) is 12.7. The van der Waals surface area contributed by atoms with Gasteiger partial charge in [0.25, 0.3) is 0 Å². The number of ether oxygens (including phenoxy) is 3. The number of carbonyl (C=O) groups is 1. The molecular formula is C15H20O4S. The molecule has 0 N–H and O–H groups in total. The van der Waals surface area contributed by atoms with Crippen LogP contribution in [-0.4, -0.2) is 38.1 Å². The van der Waals surface area contributed by atoms with Gasteiger partial charge >= 0.3 is 0 Å². The Hall–Kier alpha value is -1.36. The highest BCUT2D eigenvalue weighted by Gasteiger charge is 2.26. The highest BCUT2D eigenvalue weighted by molar-refractivity contribution is 8.00. The minimum atomic E-state index is 0.0238. The van der Waals surface area contributed by atoms with Crippen molar-refractivity contribution in [1.82, 2.24) is 0 Å². The summed E-state index contributed by atoms with van der Waals surface area (Å²) in [6.07, 6.45) is 3.23. The molecule has 0 saturated carbocycles. The summed E-state index contributed by atoms with van der Waals surface area (Å²) in [5, 5.41) is 0.0238. The molecule has 1 fully saturated rings. The zero-order valence-electron chi connectivity index (χ0n) is 12.1. The molecule has 0 aromatic heterocycles. The molecule has 2 rings (SSSR count). The summed E-state index contributed by atoms with van der Waals surface area (Å²) >= 11 is 1.73. The van der Waals surface area contributed by atoms with Crippen molar-refractivity contribution in [2.24, 2.45) is 0 Å². The van der Waals surface area contributed by atoms with Crippen molar-refractivity contribution in [1.29, 1.82) is 0 Å². The molecule has 20 heavy (non-hydrogen) atoms. The molecule has 0 radical (unpaired) electrons. The third kappa shape index (κ3) is 3.03. The molecule has 1 saturated heterocycles.